The molecule has 1 aromatic carbocycles. The molecule has 1 N–H and O–H groups in total. The van der Waals surface area contributed by atoms with Crippen molar-refractivity contribution < 1.29 is 37.3 Å². The van der Waals surface area contributed by atoms with Gasteiger partial charge in [0.15, 0.2) is 18.1 Å². The predicted molar refractivity (Wildman–Crippen MR) is 90.0 cm³/mol. The highest BCUT2D eigenvalue weighted by molar-refractivity contribution is 5.95. The molecular formula is C18H22F3NO5. The zero-order valence-electron chi connectivity index (χ0n) is 15.3. The lowest BCUT2D eigenvalue weighted by Gasteiger charge is -2.36. The molecule has 0 bridgehead atoms. The van der Waals surface area contributed by atoms with Crippen LogP contribution in [0.3, 0.4) is 0 Å². The van der Waals surface area contributed by atoms with Crippen LogP contribution in [0.4, 0.5) is 13.2 Å². The highest BCUT2D eigenvalue weighted by atomic mass is 19.4. The molecule has 0 aliphatic carbocycles. The Morgan fingerprint density at radius 2 is 1.93 bits per heavy atom. The average Bonchev–Trinajstić information content (AvgIpc) is 2.88. The standard InChI is InChI=1S/C18H22F3NO5/c1-4-26-13-9-11(5-6-12(13)27-10-15(23)24)16(25)22-8-7-14(17(22,2)3)18(19,20)21/h5-6,9,14H,4,7-8,10H2,1-3H3,(H,23,24). The van der Waals surface area contributed by atoms with Crippen LogP contribution in [0.5, 0.6) is 11.5 Å². The molecule has 1 aliphatic heterocycles. The molecule has 0 spiro atoms. The first-order valence-electron chi connectivity index (χ1n) is 8.48. The lowest BCUT2D eigenvalue weighted by Crippen LogP contribution is -2.49. The number of hydrogen-bond donors (Lipinski definition) is 1. The highest BCUT2D eigenvalue weighted by Gasteiger charge is 2.56. The SMILES string of the molecule is CCOc1cc(C(=O)N2CCC(C(F)(F)F)C2(C)C)ccc1OCC(=O)O. The molecule has 1 aromatic rings. The zero-order valence-corrected chi connectivity index (χ0v) is 15.3. The number of carbonyl (C=O) groups is 2. The number of rotatable bonds is 6. The molecule has 0 saturated carbocycles. The molecule has 2 rings (SSSR count). The van der Waals surface area contributed by atoms with E-state index < -0.39 is 36.1 Å². The Morgan fingerprint density at radius 3 is 2.44 bits per heavy atom. The van der Waals surface area contributed by atoms with Gasteiger partial charge in [0.05, 0.1) is 12.5 Å². The van der Waals surface area contributed by atoms with Gasteiger partial charge in [-0.3, -0.25) is 4.79 Å². The molecule has 0 aromatic heterocycles. The summed E-state index contributed by atoms with van der Waals surface area (Å²) < 4.78 is 50.2. The second-order valence-electron chi connectivity index (χ2n) is 6.77. The summed E-state index contributed by atoms with van der Waals surface area (Å²) in [6.07, 6.45) is -4.54. The Hall–Kier alpha value is -2.45. The van der Waals surface area contributed by atoms with Crippen molar-refractivity contribution in [3.8, 4) is 11.5 Å². The third-order valence-corrected chi connectivity index (χ3v) is 4.67. The van der Waals surface area contributed by atoms with E-state index in [9.17, 15) is 22.8 Å². The van der Waals surface area contributed by atoms with Crippen molar-refractivity contribution in [2.24, 2.45) is 5.92 Å². The van der Waals surface area contributed by atoms with E-state index in [4.69, 9.17) is 14.6 Å². The van der Waals surface area contributed by atoms with Gasteiger partial charge in [0.25, 0.3) is 5.91 Å². The van der Waals surface area contributed by atoms with E-state index in [2.05, 4.69) is 0 Å². The quantitative estimate of drug-likeness (QED) is 0.808. The number of nitrogens with zero attached hydrogens (tertiary/aromatic N) is 1. The minimum Gasteiger partial charge on any atom is -0.490 e. The van der Waals surface area contributed by atoms with Gasteiger partial charge >= 0.3 is 12.1 Å². The fraction of sp³-hybridized carbons (Fsp3) is 0.556. The minimum atomic E-state index is -4.39. The number of aliphatic carboxylic acids is 1. The number of ether oxygens (including phenoxy) is 2. The average molecular weight is 389 g/mol. The van der Waals surface area contributed by atoms with E-state index in [0.29, 0.717) is 0 Å². The van der Waals surface area contributed by atoms with Crippen molar-refractivity contribution in [2.75, 3.05) is 19.8 Å². The molecule has 9 heteroatoms. The number of carboxylic acid groups (broad SMARTS) is 1. The summed E-state index contributed by atoms with van der Waals surface area (Å²) in [5.74, 6) is -3.01. The molecule has 150 valence electrons. The molecule has 1 atom stereocenters. The van der Waals surface area contributed by atoms with Crippen molar-refractivity contribution in [2.45, 2.75) is 38.9 Å². The number of alkyl halides is 3. The molecule has 6 nitrogen and oxygen atoms in total. The number of hydrogen-bond acceptors (Lipinski definition) is 4. The molecular weight excluding hydrogens is 367 g/mol. The lowest BCUT2D eigenvalue weighted by molar-refractivity contribution is -0.189. The summed E-state index contributed by atoms with van der Waals surface area (Å²) in [4.78, 5) is 24.7. The maximum absolute atomic E-state index is 13.2. The van der Waals surface area contributed by atoms with Gasteiger partial charge < -0.3 is 19.5 Å². The summed E-state index contributed by atoms with van der Waals surface area (Å²) in [6.45, 7) is 4.17. The van der Waals surface area contributed by atoms with E-state index in [-0.39, 0.29) is 36.6 Å². The minimum absolute atomic E-state index is 0.00273. The zero-order chi connectivity index (χ0) is 20.4. The van der Waals surface area contributed by atoms with Crippen molar-refractivity contribution in [3.63, 3.8) is 0 Å². The number of amides is 1. The van der Waals surface area contributed by atoms with Crippen molar-refractivity contribution in [1.29, 1.82) is 0 Å². The largest absolute Gasteiger partial charge is 0.490 e. The third-order valence-electron chi connectivity index (χ3n) is 4.67. The summed E-state index contributed by atoms with van der Waals surface area (Å²) in [5.41, 5.74) is -1.23. The predicted octanol–water partition coefficient (Wildman–Crippen LogP) is 3.35. The Kier molecular flexibility index (Phi) is 5.91. The van der Waals surface area contributed by atoms with E-state index in [1.54, 1.807) is 6.92 Å². The summed E-state index contributed by atoms with van der Waals surface area (Å²) in [6, 6.07) is 4.13. The molecule has 27 heavy (non-hydrogen) atoms. The molecule has 1 unspecified atom stereocenters. The maximum atomic E-state index is 13.2. The fourth-order valence-corrected chi connectivity index (χ4v) is 3.34. The number of carbonyl (C=O) groups excluding carboxylic acids is 1. The molecule has 1 heterocycles. The first-order valence-corrected chi connectivity index (χ1v) is 8.48. The van der Waals surface area contributed by atoms with E-state index >= 15 is 0 Å². The van der Waals surface area contributed by atoms with Crippen LogP contribution in [0, 0.1) is 5.92 Å². The second kappa shape index (κ2) is 7.66. The van der Waals surface area contributed by atoms with Crippen LogP contribution in [-0.2, 0) is 4.79 Å². The Balaban J connectivity index is 2.28. The van der Waals surface area contributed by atoms with Crippen LogP contribution in [0.15, 0.2) is 18.2 Å². The Labute approximate surface area is 154 Å². The van der Waals surface area contributed by atoms with Crippen LogP contribution in [0.2, 0.25) is 0 Å². The van der Waals surface area contributed by atoms with Gasteiger partial charge in [-0.25, -0.2) is 4.79 Å². The van der Waals surface area contributed by atoms with Gasteiger partial charge in [-0.05, 0) is 45.4 Å². The molecule has 1 fully saturated rings. The lowest BCUT2D eigenvalue weighted by atomic mass is 9.87. The van der Waals surface area contributed by atoms with Gasteiger partial charge in [0.2, 0.25) is 0 Å². The van der Waals surface area contributed by atoms with Crippen molar-refractivity contribution in [1.82, 2.24) is 4.90 Å². The van der Waals surface area contributed by atoms with Crippen LogP contribution in [0.1, 0.15) is 37.6 Å². The number of halogens is 3. The Bertz CT molecular complexity index is 717. The van der Waals surface area contributed by atoms with Crippen molar-refractivity contribution in [3.05, 3.63) is 23.8 Å². The summed E-state index contributed by atoms with van der Waals surface area (Å²) in [7, 11) is 0. The van der Waals surface area contributed by atoms with E-state index in [1.165, 1.54) is 36.9 Å². The fourth-order valence-electron chi connectivity index (χ4n) is 3.34. The Morgan fingerprint density at radius 1 is 1.26 bits per heavy atom. The third kappa shape index (κ3) is 4.45. The van der Waals surface area contributed by atoms with Gasteiger partial charge in [-0.15, -0.1) is 0 Å². The first kappa shape index (κ1) is 20.9. The molecule has 0 radical (unpaired) electrons. The van der Waals surface area contributed by atoms with Crippen LogP contribution in [-0.4, -0.2) is 53.4 Å². The monoisotopic (exact) mass is 389 g/mol. The number of likely N-dealkylation sites (tertiary alicyclic amines) is 1. The summed E-state index contributed by atoms with van der Waals surface area (Å²) >= 11 is 0. The normalized spacial score (nSPS) is 19.0. The smallest absolute Gasteiger partial charge is 0.394 e. The van der Waals surface area contributed by atoms with E-state index in [0.717, 1.165) is 0 Å². The van der Waals surface area contributed by atoms with Crippen molar-refractivity contribution >= 4 is 11.9 Å². The maximum Gasteiger partial charge on any atom is 0.394 e. The first-order chi connectivity index (χ1) is 12.5. The molecule has 1 aliphatic rings. The topological polar surface area (TPSA) is 76.1 Å². The van der Waals surface area contributed by atoms with Gasteiger partial charge in [0, 0.05) is 17.6 Å². The van der Waals surface area contributed by atoms with Gasteiger partial charge in [0.1, 0.15) is 0 Å². The van der Waals surface area contributed by atoms with Crippen LogP contribution < -0.4 is 9.47 Å². The van der Waals surface area contributed by atoms with Crippen LogP contribution >= 0.6 is 0 Å². The van der Waals surface area contributed by atoms with Crippen LogP contribution in [0.25, 0.3) is 0 Å². The number of benzene rings is 1. The molecule has 1 amide bonds. The second-order valence-corrected chi connectivity index (χ2v) is 6.77. The van der Waals surface area contributed by atoms with E-state index in [1.807, 2.05) is 0 Å². The highest BCUT2D eigenvalue weighted by Crippen LogP contribution is 2.45. The summed E-state index contributed by atoms with van der Waals surface area (Å²) in [5, 5.41) is 8.71. The number of carboxylic acids is 1. The van der Waals surface area contributed by atoms with Gasteiger partial charge in [-0.2, -0.15) is 13.2 Å². The van der Waals surface area contributed by atoms with Gasteiger partial charge in [-0.1, -0.05) is 0 Å². The molecule has 1 saturated heterocycles.